The third-order valence-electron chi connectivity index (χ3n) is 3.81. The molecule has 0 aliphatic heterocycles. The number of nitrogens with one attached hydrogen (secondary N) is 1. The van der Waals surface area contributed by atoms with E-state index in [9.17, 15) is 9.18 Å². The molecular weight excluding hydrogens is 321 g/mol. The van der Waals surface area contributed by atoms with Crippen LogP contribution < -0.4 is 14.8 Å². The number of carbonyl (C=O) groups is 1. The molecule has 0 heterocycles. The minimum atomic E-state index is -0.629. The summed E-state index contributed by atoms with van der Waals surface area (Å²) < 4.78 is 24.0. The summed E-state index contributed by atoms with van der Waals surface area (Å²) in [5.41, 5.74) is 0.980. The molecule has 0 aliphatic carbocycles. The van der Waals surface area contributed by atoms with Crippen molar-refractivity contribution in [1.29, 1.82) is 0 Å². The molecule has 0 saturated carbocycles. The Morgan fingerprint density at radius 1 is 1.04 bits per heavy atom. The molecule has 25 heavy (non-hydrogen) atoms. The average molecular weight is 345 g/mol. The molecular formula is C20H24FNO3. The zero-order valence-electron chi connectivity index (χ0n) is 14.8. The van der Waals surface area contributed by atoms with E-state index in [1.165, 1.54) is 24.3 Å². The van der Waals surface area contributed by atoms with Crippen LogP contribution in [0, 0.1) is 5.82 Å². The maximum absolute atomic E-state index is 13.0. The summed E-state index contributed by atoms with van der Waals surface area (Å²) in [5.74, 6) is 0.732. The van der Waals surface area contributed by atoms with Crippen LogP contribution in [0.15, 0.2) is 48.5 Å². The van der Waals surface area contributed by atoms with Gasteiger partial charge in [-0.1, -0.05) is 19.1 Å². The molecule has 0 aliphatic rings. The van der Waals surface area contributed by atoms with Gasteiger partial charge >= 0.3 is 0 Å². The fourth-order valence-electron chi connectivity index (χ4n) is 2.41. The lowest BCUT2D eigenvalue weighted by molar-refractivity contribution is -0.128. The van der Waals surface area contributed by atoms with Crippen molar-refractivity contribution in [3.8, 4) is 11.5 Å². The summed E-state index contributed by atoms with van der Waals surface area (Å²) in [4.78, 5) is 12.5. The third kappa shape index (κ3) is 5.48. The van der Waals surface area contributed by atoms with Gasteiger partial charge in [0.25, 0.3) is 5.91 Å². The Morgan fingerprint density at radius 3 is 2.20 bits per heavy atom. The smallest absolute Gasteiger partial charge is 0.261 e. The van der Waals surface area contributed by atoms with Gasteiger partial charge in [-0.2, -0.15) is 0 Å². The van der Waals surface area contributed by atoms with Crippen molar-refractivity contribution in [3.63, 3.8) is 0 Å². The number of rotatable bonds is 8. The van der Waals surface area contributed by atoms with E-state index in [1.54, 1.807) is 0 Å². The first-order valence-electron chi connectivity index (χ1n) is 8.48. The molecule has 2 aromatic rings. The molecule has 5 heteroatoms. The molecule has 2 aromatic carbocycles. The molecule has 1 N–H and O–H groups in total. The molecule has 134 valence electrons. The van der Waals surface area contributed by atoms with Crippen molar-refractivity contribution < 1.29 is 18.7 Å². The van der Waals surface area contributed by atoms with E-state index >= 15 is 0 Å². The highest BCUT2D eigenvalue weighted by Crippen LogP contribution is 2.19. The topological polar surface area (TPSA) is 47.6 Å². The van der Waals surface area contributed by atoms with Gasteiger partial charge in [0.2, 0.25) is 0 Å². The van der Waals surface area contributed by atoms with Gasteiger partial charge in [0.1, 0.15) is 17.3 Å². The van der Waals surface area contributed by atoms with Gasteiger partial charge in [-0.05, 0) is 62.2 Å². The maximum Gasteiger partial charge on any atom is 0.261 e. The number of benzene rings is 2. The molecule has 4 nitrogen and oxygen atoms in total. The molecule has 0 saturated heterocycles. The first kappa shape index (κ1) is 18.8. The van der Waals surface area contributed by atoms with Crippen LogP contribution in [0.4, 0.5) is 4.39 Å². The van der Waals surface area contributed by atoms with E-state index < -0.39 is 6.10 Å². The number of carbonyl (C=O) groups excluding carboxylic acids is 1. The van der Waals surface area contributed by atoms with E-state index in [0.717, 1.165) is 11.3 Å². The second kappa shape index (κ2) is 9.06. The standard InChI is InChI=1S/C20H24FNO3/c1-4-19(25-18-12-8-16(21)9-13-18)20(23)22-14(3)15-6-10-17(11-7-15)24-5-2/h6-14,19H,4-5H2,1-3H3,(H,22,23)/t14-,19+/m0/s1. The van der Waals surface area contributed by atoms with E-state index in [1.807, 2.05) is 45.0 Å². The van der Waals surface area contributed by atoms with Crippen LogP contribution in [-0.4, -0.2) is 18.6 Å². The Bertz CT molecular complexity index is 670. The number of hydrogen-bond acceptors (Lipinski definition) is 3. The zero-order chi connectivity index (χ0) is 18.2. The summed E-state index contributed by atoms with van der Waals surface area (Å²) in [5, 5.41) is 2.95. The van der Waals surface area contributed by atoms with E-state index in [4.69, 9.17) is 9.47 Å². The summed E-state index contributed by atoms with van der Waals surface area (Å²) in [6.07, 6.45) is -0.116. The summed E-state index contributed by atoms with van der Waals surface area (Å²) >= 11 is 0. The minimum Gasteiger partial charge on any atom is -0.494 e. The van der Waals surface area contributed by atoms with E-state index in [-0.39, 0.29) is 17.8 Å². The molecule has 2 rings (SSSR count). The van der Waals surface area contributed by atoms with Crippen LogP contribution >= 0.6 is 0 Å². The van der Waals surface area contributed by atoms with Gasteiger partial charge in [-0.3, -0.25) is 4.79 Å². The van der Waals surface area contributed by atoms with Crippen molar-refractivity contribution in [2.24, 2.45) is 0 Å². The Morgan fingerprint density at radius 2 is 1.64 bits per heavy atom. The van der Waals surface area contributed by atoms with Crippen molar-refractivity contribution in [3.05, 3.63) is 59.9 Å². The SMILES string of the molecule is CCOc1ccc([C@H](C)NC(=O)[C@@H](CC)Oc2ccc(F)cc2)cc1. The highest BCUT2D eigenvalue weighted by molar-refractivity contribution is 5.81. The second-order valence-corrected chi connectivity index (χ2v) is 5.70. The Labute approximate surface area is 148 Å². The molecule has 0 spiro atoms. The first-order valence-corrected chi connectivity index (χ1v) is 8.48. The van der Waals surface area contributed by atoms with Gasteiger partial charge in [-0.25, -0.2) is 4.39 Å². The van der Waals surface area contributed by atoms with E-state index in [2.05, 4.69) is 5.32 Å². The monoisotopic (exact) mass is 345 g/mol. The molecule has 0 radical (unpaired) electrons. The van der Waals surface area contributed by atoms with Crippen molar-refractivity contribution in [2.45, 2.75) is 39.3 Å². The lowest BCUT2D eigenvalue weighted by Crippen LogP contribution is -2.39. The fraction of sp³-hybridized carbons (Fsp3) is 0.350. The Hall–Kier alpha value is -2.56. The number of halogens is 1. The summed E-state index contributed by atoms with van der Waals surface area (Å²) in [6.45, 7) is 6.33. The average Bonchev–Trinajstić information content (AvgIpc) is 2.62. The van der Waals surface area contributed by atoms with Crippen molar-refractivity contribution in [2.75, 3.05) is 6.61 Å². The Kier molecular flexibility index (Phi) is 6.81. The number of ether oxygens (including phenoxy) is 2. The second-order valence-electron chi connectivity index (χ2n) is 5.70. The number of amides is 1. The quantitative estimate of drug-likeness (QED) is 0.778. The van der Waals surface area contributed by atoms with Crippen LogP contribution in [0.5, 0.6) is 11.5 Å². The summed E-state index contributed by atoms with van der Waals surface area (Å²) in [7, 11) is 0. The van der Waals surface area contributed by atoms with Crippen LogP contribution in [0.1, 0.15) is 38.8 Å². The van der Waals surface area contributed by atoms with Crippen LogP contribution in [0.3, 0.4) is 0 Å². The first-order chi connectivity index (χ1) is 12.0. The van der Waals surface area contributed by atoms with Crippen LogP contribution in [0.2, 0.25) is 0 Å². The molecule has 0 bridgehead atoms. The Balaban J connectivity index is 1.96. The normalized spacial score (nSPS) is 13.0. The van der Waals surface area contributed by atoms with Gasteiger partial charge in [0.05, 0.1) is 12.6 Å². The predicted octanol–water partition coefficient (Wildman–Crippen LogP) is 4.26. The highest BCUT2D eigenvalue weighted by Gasteiger charge is 2.20. The van der Waals surface area contributed by atoms with Gasteiger partial charge in [0.15, 0.2) is 6.10 Å². The lowest BCUT2D eigenvalue weighted by Gasteiger charge is -2.21. The van der Waals surface area contributed by atoms with Gasteiger partial charge < -0.3 is 14.8 Å². The molecule has 1 amide bonds. The minimum absolute atomic E-state index is 0.158. The number of hydrogen-bond donors (Lipinski definition) is 1. The van der Waals surface area contributed by atoms with Crippen LogP contribution in [-0.2, 0) is 4.79 Å². The largest absolute Gasteiger partial charge is 0.494 e. The van der Waals surface area contributed by atoms with Gasteiger partial charge in [0, 0.05) is 0 Å². The van der Waals surface area contributed by atoms with Crippen molar-refractivity contribution in [1.82, 2.24) is 5.32 Å². The third-order valence-corrected chi connectivity index (χ3v) is 3.81. The van der Waals surface area contributed by atoms with Gasteiger partial charge in [-0.15, -0.1) is 0 Å². The zero-order valence-corrected chi connectivity index (χ0v) is 14.8. The molecule has 2 atom stereocenters. The summed E-state index contributed by atoms with van der Waals surface area (Å²) in [6, 6.07) is 13.1. The maximum atomic E-state index is 13.0. The van der Waals surface area contributed by atoms with Crippen molar-refractivity contribution >= 4 is 5.91 Å². The lowest BCUT2D eigenvalue weighted by atomic mass is 10.1. The van der Waals surface area contributed by atoms with E-state index in [0.29, 0.717) is 18.8 Å². The molecule has 0 aromatic heterocycles. The molecule has 0 unspecified atom stereocenters. The highest BCUT2D eigenvalue weighted by atomic mass is 19.1. The van der Waals surface area contributed by atoms with Crippen LogP contribution in [0.25, 0.3) is 0 Å². The predicted molar refractivity (Wildman–Crippen MR) is 95.3 cm³/mol. The molecule has 0 fully saturated rings. The fourth-order valence-corrected chi connectivity index (χ4v) is 2.41.